The Morgan fingerprint density at radius 1 is 1.56 bits per heavy atom. The summed E-state index contributed by atoms with van der Waals surface area (Å²) in [6, 6.07) is 1.24. The highest BCUT2D eigenvalue weighted by Gasteiger charge is 2.37. The topological polar surface area (TPSA) is 29.9 Å². The lowest BCUT2D eigenvalue weighted by atomic mass is 10.1. The molecule has 1 aliphatic carbocycles. The molecule has 0 aliphatic heterocycles. The fraction of sp³-hybridized carbons (Fsp3) is 0.769. The molecule has 2 rings (SSSR count). The van der Waals surface area contributed by atoms with E-state index in [0.29, 0.717) is 6.04 Å². The number of aryl methyl sites for hydroxylation is 1. The lowest BCUT2D eigenvalue weighted by Gasteiger charge is -2.15. The van der Waals surface area contributed by atoms with Gasteiger partial charge in [-0.1, -0.05) is 20.3 Å². The molecular weight excluding hydrogens is 198 g/mol. The maximum atomic E-state index is 4.25. The summed E-state index contributed by atoms with van der Waals surface area (Å²) in [6.07, 6.45) is 9.30. The lowest BCUT2D eigenvalue weighted by molar-refractivity contribution is 0.489. The van der Waals surface area contributed by atoms with Crippen LogP contribution in [0.2, 0.25) is 0 Å². The first-order valence-corrected chi connectivity index (χ1v) is 6.49. The maximum Gasteiger partial charge on any atom is 0.0537 e. The Hall–Kier alpha value is -0.830. The van der Waals surface area contributed by atoms with Gasteiger partial charge in [-0.15, -0.1) is 0 Å². The zero-order valence-corrected chi connectivity index (χ0v) is 10.6. The standard InChI is InChI=1S/C13H23N3/c1-4-6-10-7-13(10)15-12(5-2)11-8-14-16(3)9-11/h8-10,12-13,15H,4-7H2,1-3H3. The van der Waals surface area contributed by atoms with Crippen molar-refractivity contribution in [2.75, 3.05) is 0 Å². The fourth-order valence-corrected chi connectivity index (χ4v) is 2.47. The van der Waals surface area contributed by atoms with Gasteiger partial charge >= 0.3 is 0 Å². The smallest absolute Gasteiger partial charge is 0.0537 e. The Balaban J connectivity index is 1.87. The molecule has 0 radical (unpaired) electrons. The van der Waals surface area contributed by atoms with E-state index in [0.717, 1.165) is 18.4 Å². The first-order valence-electron chi connectivity index (χ1n) is 6.49. The third-order valence-electron chi connectivity index (χ3n) is 3.53. The molecule has 0 saturated heterocycles. The quantitative estimate of drug-likeness (QED) is 0.800. The molecule has 0 spiro atoms. The predicted molar refractivity (Wildman–Crippen MR) is 66.2 cm³/mol. The SMILES string of the molecule is CCCC1CC1NC(CC)c1cnn(C)c1. The van der Waals surface area contributed by atoms with Crippen LogP contribution in [0.1, 0.15) is 51.1 Å². The van der Waals surface area contributed by atoms with Gasteiger partial charge in [-0.05, 0) is 25.2 Å². The van der Waals surface area contributed by atoms with Crippen molar-refractivity contribution in [3.8, 4) is 0 Å². The van der Waals surface area contributed by atoms with E-state index in [1.165, 1.54) is 24.8 Å². The second-order valence-electron chi connectivity index (χ2n) is 4.97. The summed E-state index contributed by atoms with van der Waals surface area (Å²) in [5.41, 5.74) is 1.33. The molecule has 1 fully saturated rings. The normalized spacial score (nSPS) is 25.7. The minimum atomic E-state index is 0.487. The molecule has 1 saturated carbocycles. The Labute approximate surface area is 98.2 Å². The van der Waals surface area contributed by atoms with E-state index < -0.39 is 0 Å². The van der Waals surface area contributed by atoms with Crippen molar-refractivity contribution in [3.63, 3.8) is 0 Å². The molecule has 0 aromatic carbocycles. The number of hydrogen-bond donors (Lipinski definition) is 1. The Bertz CT molecular complexity index is 332. The van der Waals surface area contributed by atoms with E-state index in [1.54, 1.807) is 0 Å². The van der Waals surface area contributed by atoms with Gasteiger partial charge in [0.1, 0.15) is 0 Å². The van der Waals surface area contributed by atoms with Crippen molar-refractivity contribution in [3.05, 3.63) is 18.0 Å². The van der Waals surface area contributed by atoms with Gasteiger partial charge in [0.25, 0.3) is 0 Å². The summed E-state index contributed by atoms with van der Waals surface area (Å²) in [5, 5.41) is 8.00. The van der Waals surface area contributed by atoms with E-state index in [4.69, 9.17) is 0 Å². The summed E-state index contributed by atoms with van der Waals surface area (Å²) in [7, 11) is 1.98. The number of nitrogens with zero attached hydrogens (tertiary/aromatic N) is 2. The van der Waals surface area contributed by atoms with Crippen molar-refractivity contribution in [1.29, 1.82) is 0 Å². The maximum absolute atomic E-state index is 4.25. The zero-order valence-electron chi connectivity index (χ0n) is 10.6. The molecule has 3 atom stereocenters. The van der Waals surface area contributed by atoms with Crippen LogP contribution in [0.4, 0.5) is 0 Å². The van der Waals surface area contributed by atoms with Crippen molar-refractivity contribution in [2.24, 2.45) is 13.0 Å². The van der Waals surface area contributed by atoms with Gasteiger partial charge < -0.3 is 5.32 Å². The Morgan fingerprint density at radius 2 is 2.38 bits per heavy atom. The fourth-order valence-electron chi connectivity index (χ4n) is 2.47. The van der Waals surface area contributed by atoms with Crippen LogP contribution in [0.5, 0.6) is 0 Å². The van der Waals surface area contributed by atoms with Crippen LogP contribution in [0, 0.1) is 5.92 Å². The summed E-state index contributed by atoms with van der Waals surface area (Å²) < 4.78 is 1.89. The average molecular weight is 221 g/mol. The second kappa shape index (κ2) is 5.00. The molecule has 3 unspecified atom stereocenters. The molecule has 1 aromatic rings. The van der Waals surface area contributed by atoms with Crippen molar-refractivity contribution in [1.82, 2.24) is 15.1 Å². The number of aromatic nitrogens is 2. The molecule has 1 aliphatic rings. The van der Waals surface area contributed by atoms with Gasteiger partial charge in [0, 0.05) is 30.9 Å². The van der Waals surface area contributed by atoms with E-state index in [-0.39, 0.29) is 0 Å². The van der Waals surface area contributed by atoms with E-state index >= 15 is 0 Å². The number of rotatable bonds is 6. The first kappa shape index (κ1) is 11.6. The summed E-state index contributed by atoms with van der Waals surface area (Å²) in [6.45, 7) is 4.51. The molecule has 3 nitrogen and oxygen atoms in total. The monoisotopic (exact) mass is 221 g/mol. The number of nitrogens with one attached hydrogen (secondary N) is 1. The molecule has 0 amide bonds. The van der Waals surface area contributed by atoms with Crippen LogP contribution in [0.3, 0.4) is 0 Å². The Kier molecular flexibility index (Phi) is 3.64. The van der Waals surface area contributed by atoms with Gasteiger partial charge in [0.15, 0.2) is 0 Å². The van der Waals surface area contributed by atoms with Crippen LogP contribution in [-0.2, 0) is 7.05 Å². The van der Waals surface area contributed by atoms with Crippen molar-refractivity contribution < 1.29 is 0 Å². The lowest BCUT2D eigenvalue weighted by Crippen LogP contribution is -2.24. The van der Waals surface area contributed by atoms with Crippen LogP contribution < -0.4 is 5.32 Å². The second-order valence-corrected chi connectivity index (χ2v) is 4.97. The van der Waals surface area contributed by atoms with Crippen molar-refractivity contribution in [2.45, 2.75) is 51.6 Å². The molecule has 1 heterocycles. The molecule has 16 heavy (non-hydrogen) atoms. The molecule has 0 bridgehead atoms. The van der Waals surface area contributed by atoms with Gasteiger partial charge in [0.05, 0.1) is 6.20 Å². The van der Waals surface area contributed by atoms with Crippen LogP contribution in [0.25, 0.3) is 0 Å². The largest absolute Gasteiger partial charge is 0.307 e. The molecular formula is C13H23N3. The highest BCUT2D eigenvalue weighted by atomic mass is 15.2. The van der Waals surface area contributed by atoms with Crippen LogP contribution >= 0.6 is 0 Å². The van der Waals surface area contributed by atoms with Gasteiger partial charge in [-0.25, -0.2) is 0 Å². The first-order chi connectivity index (χ1) is 7.74. The molecule has 90 valence electrons. The van der Waals surface area contributed by atoms with Crippen molar-refractivity contribution >= 4 is 0 Å². The Morgan fingerprint density at radius 3 is 2.94 bits per heavy atom. The molecule has 3 heteroatoms. The third kappa shape index (κ3) is 2.64. The molecule has 1 aromatic heterocycles. The third-order valence-corrected chi connectivity index (χ3v) is 3.53. The predicted octanol–water partition coefficient (Wildman–Crippen LogP) is 2.65. The summed E-state index contributed by atoms with van der Waals surface area (Å²) >= 11 is 0. The summed E-state index contributed by atoms with van der Waals surface area (Å²) in [4.78, 5) is 0. The van der Waals surface area contributed by atoms with Gasteiger partial charge in [-0.2, -0.15) is 5.10 Å². The van der Waals surface area contributed by atoms with Crippen LogP contribution in [-0.4, -0.2) is 15.8 Å². The van der Waals surface area contributed by atoms with Gasteiger partial charge in [0.2, 0.25) is 0 Å². The highest BCUT2D eigenvalue weighted by Crippen LogP contribution is 2.36. The minimum absolute atomic E-state index is 0.487. The van der Waals surface area contributed by atoms with E-state index in [2.05, 4.69) is 30.5 Å². The number of hydrogen-bond acceptors (Lipinski definition) is 2. The van der Waals surface area contributed by atoms with E-state index in [9.17, 15) is 0 Å². The zero-order chi connectivity index (χ0) is 11.5. The minimum Gasteiger partial charge on any atom is -0.307 e. The van der Waals surface area contributed by atoms with Crippen LogP contribution in [0.15, 0.2) is 12.4 Å². The van der Waals surface area contributed by atoms with Gasteiger partial charge in [-0.3, -0.25) is 4.68 Å². The highest BCUT2D eigenvalue weighted by molar-refractivity contribution is 5.11. The summed E-state index contributed by atoms with van der Waals surface area (Å²) in [5.74, 6) is 0.927. The molecule has 1 N–H and O–H groups in total. The average Bonchev–Trinajstić information content (AvgIpc) is 2.85. The van der Waals surface area contributed by atoms with E-state index in [1.807, 2.05) is 17.9 Å².